The molecule has 10 nitrogen and oxygen atoms in total. The third-order valence-electron chi connectivity index (χ3n) is 4.01. The van der Waals surface area contributed by atoms with E-state index >= 15 is 0 Å². The van der Waals surface area contributed by atoms with E-state index in [2.05, 4.69) is 31.3 Å². The number of carbonyl (C=O) groups excluding carboxylic acids is 3. The summed E-state index contributed by atoms with van der Waals surface area (Å²) in [6, 6.07) is 4.69. The Balaban J connectivity index is 2.07. The number of primary amides is 1. The Morgan fingerprint density at radius 3 is 2.41 bits per heavy atom. The van der Waals surface area contributed by atoms with Crippen LogP contribution in [0.3, 0.4) is 0 Å². The Hall–Kier alpha value is -3.36. The largest absolute Gasteiger partial charge is 0.435 e. The molecule has 3 rings (SSSR count). The first-order chi connectivity index (χ1) is 15.9. The van der Waals surface area contributed by atoms with Crippen LogP contribution in [0.15, 0.2) is 41.0 Å². The number of halogens is 6. The van der Waals surface area contributed by atoms with E-state index in [0.29, 0.717) is 10.7 Å². The maximum absolute atomic E-state index is 13.3. The molecule has 16 heteroatoms. The van der Waals surface area contributed by atoms with Crippen LogP contribution in [-0.2, 0) is 6.18 Å². The third kappa shape index (κ3) is 5.58. The number of nitrogens with one attached hydrogen (secondary N) is 3. The number of carbonyl (C=O) groups is 3. The lowest BCUT2D eigenvalue weighted by Gasteiger charge is -2.14. The highest BCUT2D eigenvalue weighted by Gasteiger charge is 2.37. The van der Waals surface area contributed by atoms with E-state index in [4.69, 9.17) is 28.9 Å². The van der Waals surface area contributed by atoms with Gasteiger partial charge in [0.05, 0.1) is 16.3 Å². The van der Waals surface area contributed by atoms with Crippen LogP contribution in [-0.4, -0.2) is 32.6 Å². The van der Waals surface area contributed by atoms with E-state index in [-0.39, 0.29) is 31.6 Å². The fourth-order valence-corrected chi connectivity index (χ4v) is 3.73. The number of amides is 4. The number of urea groups is 1. The summed E-state index contributed by atoms with van der Waals surface area (Å²) in [5, 5.41) is 5.76. The van der Waals surface area contributed by atoms with Gasteiger partial charge in [-0.05, 0) is 40.2 Å². The van der Waals surface area contributed by atoms with Gasteiger partial charge in [-0.3, -0.25) is 15.0 Å². The number of anilines is 1. The lowest BCUT2D eigenvalue weighted by molar-refractivity contribution is -0.141. The highest BCUT2D eigenvalue weighted by molar-refractivity contribution is 9.10. The van der Waals surface area contributed by atoms with Crippen molar-refractivity contribution in [1.29, 1.82) is 0 Å². The van der Waals surface area contributed by atoms with Crippen LogP contribution in [0.4, 0.5) is 23.7 Å². The molecule has 2 aromatic heterocycles. The number of rotatable bonds is 4. The van der Waals surface area contributed by atoms with Gasteiger partial charge in [0.25, 0.3) is 11.8 Å². The first-order valence-electron chi connectivity index (χ1n) is 8.82. The molecule has 34 heavy (non-hydrogen) atoms. The summed E-state index contributed by atoms with van der Waals surface area (Å²) < 4.78 is 40.7. The fourth-order valence-electron chi connectivity index (χ4n) is 2.62. The molecule has 0 saturated carbocycles. The molecule has 0 aliphatic carbocycles. The Morgan fingerprint density at radius 2 is 1.79 bits per heavy atom. The van der Waals surface area contributed by atoms with Gasteiger partial charge in [0.2, 0.25) is 0 Å². The van der Waals surface area contributed by atoms with Crippen LogP contribution >= 0.6 is 39.1 Å². The van der Waals surface area contributed by atoms with Gasteiger partial charge in [0.1, 0.15) is 5.69 Å². The minimum atomic E-state index is -4.88. The summed E-state index contributed by atoms with van der Waals surface area (Å²) in [6.07, 6.45) is -3.63. The van der Waals surface area contributed by atoms with Crippen LogP contribution < -0.4 is 21.9 Å². The van der Waals surface area contributed by atoms with Gasteiger partial charge < -0.3 is 11.1 Å². The number of nitrogens with two attached hydrogens (primary N) is 1. The second-order valence-corrected chi connectivity index (χ2v) is 8.04. The summed E-state index contributed by atoms with van der Waals surface area (Å²) in [5.74, 6) is -2.26. The number of hydrazine groups is 1. The van der Waals surface area contributed by atoms with Crippen LogP contribution in [0.5, 0.6) is 0 Å². The molecule has 178 valence electrons. The predicted octanol–water partition coefficient (Wildman–Crippen LogP) is 3.92. The van der Waals surface area contributed by atoms with E-state index < -0.39 is 35.4 Å². The van der Waals surface area contributed by atoms with Crippen LogP contribution in [0, 0.1) is 0 Å². The SMILES string of the molecule is NC(=O)NNC(=O)c1cc(Cl)cc(Br)c1NC(=O)c1cc(C(F)(F)F)nn1-c1ncccc1Cl. The maximum Gasteiger partial charge on any atom is 0.435 e. The van der Waals surface area contributed by atoms with Gasteiger partial charge >= 0.3 is 12.2 Å². The van der Waals surface area contributed by atoms with Crippen molar-refractivity contribution >= 4 is 62.7 Å². The fraction of sp³-hybridized carbons (Fsp3) is 0.0556. The molecule has 5 N–H and O–H groups in total. The lowest BCUT2D eigenvalue weighted by Crippen LogP contribution is -2.44. The summed E-state index contributed by atoms with van der Waals surface area (Å²) >= 11 is 15.1. The third-order valence-corrected chi connectivity index (χ3v) is 5.15. The molecule has 0 aliphatic heterocycles. The average molecular weight is 581 g/mol. The molecule has 0 radical (unpaired) electrons. The second kappa shape index (κ2) is 9.87. The highest BCUT2D eigenvalue weighted by atomic mass is 79.9. The first-order valence-corrected chi connectivity index (χ1v) is 10.4. The van der Waals surface area contributed by atoms with E-state index in [1.807, 2.05) is 10.9 Å². The predicted molar refractivity (Wildman–Crippen MR) is 119 cm³/mol. The highest BCUT2D eigenvalue weighted by Crippen LogP contribution is 2.33. The zero-order valence-electron chi connectivity index (χ0n) is 16.4. The van der Waals surface area contributed by atoms with Gasteiger partial charge in [-0.25, -0.2) is 19.9 Å². The number of hydrogen-bond acceptors (Lipinski definition) is 5. The number of aromatic nitrogens is 3. The number of alkyl halides is 3. The summed E-state index contributed by atoms with van der Waals surface area (Å²) in [4.78, 5) is 40.3. The molecular formula is C18H11BrCl2F3N7O3. The summed E-state index contributed by atoms with van der Waals surface area (Å²) in [5.41, 5.74) is 6.36. The molecule has 0 saturated heterocycles. The van der Waals surface area contributed by atoms with Crippen molar-refractivity contribution in [3.63, 3.8) is 0 Å². The van der Waals surface area contributed by atoms with Crippen molar-refractivity contribution < 1.29 is 27.6 Å². The minimum absolute atomic E-state index is 0.0683. The number of benzene rings is 1. The second-order valence-electron chi connectivity index (χ2n) is 6.34. The Morgan fingerprint density at radius 1 is 1.09 bits per heavy atom. The van der Waals surface area contributed by atoms with Crippen molar-refractivity contribution in [2.45, 2.75) is 6.18 Å². The standard InChI is InChI=1S/C18H11BrCl2F3N7O3/c19-9-5-7(20)4-8(15(32)28-29-17(25)34)13(9)27-16(33)11-6-12(18(22,23)24)30-31(11)14-10(21)2-1-3-26-14/h1-6H,(H,27,33)(H,28,32)(H3,25,29,34). The number of nitrogens with zero attached hydrogens (tertiary/aromatic N) is 3. The summed E-state index contributed by atoms with van der Waals surface area (Å²) in [7, 11) is 0. The van der Waals surface area contributed by atoms with Gasteiger partial charge in [-0.2, -0.15) is 18.3 Å². The molecule has 0 atom stereocenters. The molecular weight excluding hydrogens is 570 g/mol. The topological polar surface area (TPSA) is 144 Å². The molecule has 0 bridgehead atoms. The zero-order valence-corrected chi connectivity index (χ0v) is 19.5. The Labute approximate surface area is 206 Å². The molecule has 0 unspecified atom stereocenters. The smallest absolute Gasteiger partial charge is 0.350 e. The molecule has 3 aromatic rings. The average Bonchev–Trinajstić information content (AvgIpc) is 3.20. The quantitative estimate of drug-likeness (QED) is 0.346. The Kier molecular flexibility index (Phi) is 7.33. The molecule has 1 aromatic carbocycles. The Bertz CT molecular complexity index is 1300. The molecule has 2 heterocycles. The lowest BCUT2D eigenvalue weighted by atomic mass is 10.1. The van der Waals surface area contributed by atoms with Crippen molar-refractivity contribution in [3.05, 3.63) is 68.0 Å². The van der Waals surface area contributed by atoms with E-state index in [1.165, 1.54) is 24.4 Å². The molecule has 0 aliphatic rings. The van der Waals surface area contributed by atoms with Crippen LogP contribution in [0.1, 0.15) is 26.5 Å². The summed E-state index contributed by atoms with van der Waals surface area (Å²) in [6.45, 7) is 0. The van der Waals surface area contributed by atoms with E-state index in [1.54, 1.807) is 0 Å². The van der Waals surface area contributed by atoms with E-state index in [9.17, 15) is 27.6 Å². The molecule has 4 amide bonds. The van der Waals surface area contributed by atoms with E-state index in [0.717, 1.165) is 6.07 Å². The van der Waals surface area contributed by atoms with Crippen molar-refractivity contribution in [3.8, 4) is 5.82 Å². The monoisotopic (exact) mass is 579 g/mol. The normalized spacial score (nSPS) is 11.1. The molecule has 0 fully saturated rings. The zero-order chi connectivity index (χ0) is 25.2. The maximum atomic E-state index is 13.3. The number of pyridine rings is 1. The minimum Gasteiger partial charge on any atom is -0.350 e. The van der Waals surface area contributed by atoms with Crippen LogP contribution in [0.2, 0.25) is 10.0 Å². The van der Waals surface area contributed by atoms with Gasteiger partial charge in [0.15, 0.2) is 11.5 Å². The van der Waals surface area contributed by atoms with Crippen molar-refractivity contribution in [2.24, 2.45) is 5.73 Å². The van der Waals surface area contributed by atoms with Crippen LogP contribution in [0.25, 0.3) is 5.82 Å². The van der Waals surface area contributed by atoms with Gasteiger partial charge in [0, 0.05) is 21.8 Å². The first kappa shape index (κ1) is 25.3. The van der Waals surface area contributed by atoms with Gasteiger partial charge in [-0.1, -0.05) is 23.2 Å². The number of hydrogen-bond donors (Lipinski definition) is 4. The molecule has 0 spiro atoms. The van der Waals surface area contributed by atoms with Crippen molar-refractivity contribution in [2.75, 3.05) is 5.32 Å². The van der Waals surface area contributed by atoms with Gasteiger partial charge in [-0.15, -0.1) is 0 Å². The van der Waals surface area contributed by atoms with Crippen molar-refractivity contribution in [1.82, 2.24) is 25.6 Å².